The minimum absolute atomic E-state index is 0.203. The first-order chi connectivity index (χ1) is 17.0. The quantitative estimate of drug-likeness (QED) is 0.299. The van der Waals surface area contributed by atoms with Gasteiger partial charge in [0, 0.05) is 42.3 Å². The molecule has 0 amide bonds. The third-order valence-electron chi connectivity index (χ3n) is 6.96. The van der Waals surface area contributed by atoms with E-state index >= 15 is 0 Å². The number of piperidine rings is 1. The van der Waals surface area contributed by atoms with E-state index in [0.717, 1.165) is 54.7 Å². The zero-order chi connectivity index (χ0) is 24.6. The van der Waals surface area contributed by atoms with Crippen molar-refractivity contribution >= 4 is 40.0 Å². The SMILES string of the molecule is COc1ccc2cccc(C(O)CC[C@H]3CCN(CCSc4cccs4)C[C@@H]3CCC(=O)O)c2n1. The fourth-order valence-corrected chi connectivity index (χ4v) is 6.92. The summed E-state index contributed by atoms with van der Waals surface area (Å²) in [7, 11) is 1.59. The van der Waals surface area contributed by atoms with Crippen LogP contribution in [0.15, 0.2) is 52.1 Å². The smallest absolute Gasteiger partial charge is 0.303 e. The number of likely N-dealkylation sites (tertiary alicyclic amines) is 1. The van der Waals surface area contributed by atoms with Gasteiger partial charge < -0.3 is 19.8 Å². The summed E-state index contributed by atoms with van der Waals surface area (Å²) in [5.74, 6) is 1.61. The number of benzene rings is 1. The number of carboxylic acid groups (broad SMARTS) is 1. The molecule has 0 spiro atoms. The number of aliphatic hydroxyl groups is 1. The number of pyridine rings is 1. The van der Waals surface area contributed by atoms with Crippen LogP contribution in [0.5, 0.6) is 5.88 Å². The van der Waals surface area contributed by atoms with Gasteiger partial charge in [-0.2, -0.15) is 0 Å². The van der Waals surface area contributed by atoms with E-state index < -0.39 is 12.1 Å². The predicted octanol–water partition coefficient (Wildman–Crippen LogP) is 5.71. The van der Waals surface area contributed by atoms with Crippen LogP contribution in [-0.2, 0) is 4.79 Å². The van der Waals surface area contributed by atoms with Crippen LogP contribution in [0.2, 0.25) is 0 Å². The fraction of sp³-hybridized carbons (Fsp3) is 0.481. The number of nitrogens with zero attached hydrogens (tertiary/aromatic N) is 2. The largest absolute Gasteiger partial charge is 0.481 e. The Labute approximate surface area is 215 Å². The molecular formula is C27H34N2O4S2. The maximum absolute atomic E-state index is 11.3. The number of methoxy groups -OCH3 is 1. The van der Waals surface area contributed by atoms with Crippen LogP contribution < -0.4 is 4.74 Å². The minimum atomic E-state index is -0.732. The fourth-order valence-electron chi connectivity index (χ4n) is 5.06. The van der Waals surface area contributed by atoms with Crippen LogP contribution in [-0.4, -0.2) is 58.6 Å². The van der Waals surface area contributed by atoms with Crippen molar-refractivity contribution in [3.8, 4) is 5.88 Å². The van der Waals surface area contributed by atoms with Crippen molar-refractivity contribution in [2.45, 2.75) is 42.4 Å². The Balaban J connectivity index is 1.36. The lowest BCUT2D eigenvalue weighted by atomic mass is 9.79. The van der Waals surface area contributed by atoms with E-state index in [4.69, 9.17) is 4.74 Å². The summed E-state index contributed by atoms with van der Waals surface area (Å²) in [5, 5.41) is 23.5. The monoisotopic (exact) mass is 514 g/mol. The van der Waals surface area contributed by atoms with Gasteiger partial charge in [-0.1, -0.05) is 24.3 Å². The lowest BCUT2D eigenvalue weighted by molar-refractivity contribution is -0.137. The average molecular weight is 515 g/mol. The number of carboxylic acids is 1. The highest BCUT2D eigenvalue weighted by Gasteiger charge is 2.30. The van der Waals surface area contributed by atoms with Crippen LogP contribution >= 0.6 is 23.1 Å². The maximum Gasteiger partial charge on any atom is 0.303 e. The Morgan fingerprint density at radius 2 is 2.11 bits per heavy atom. The van der Waals surface area contributed by atoms with E-state index in [9.17, 15) is 15.0 Å². The van der Waals surface area contributed by atoms with Crippen LogP contribution in [0.4, 0.5) is 0 Å². The molecule has 3 heterocycles. The molecule has 2 N–H and O–H groups in total. The van der Waals surface area contributed by atoms with E-state index in [1.54, 1.807) is 18.4 Å². The van der Waals surface area contributed by atoms with Crippen LogP contribution in [0.3, 0.4) is 0 Å². The molecule has 1 aromatic carbocycles. The third kappa shape index (κ3) is 7.19. The number of hydrogen-bond donors (Lipinski definition) is 2. The number of aliphatic hydroxyl groups excluding tert-OH is 1. The lowest BCUT2D eigenvalue weighted by Crippen LogP contribution is -2.41. The molecule has 6 nitrogen and oxygen atoms in total. The summed E-state index contributed by atoms with van der Waals surface area (Å²) in [5.41, 5.74) is 1.60. The second-order valence-electron chi connectivity index (χ2n) is 9.19. The first kappa shape index (κ1) is 25.9. The molecule has 1 saturated heterocycles. The Kier molecular flexibility index (Phi) is 9.43. The van der Waals surface area contributed by atoms with E-state index in [2.05, 4.69) is 27.4 Å². The topological polar surface area (TPSA) is 82.9 Å². The van der Waals surface area contributed by atoms with Crippen LogP contribution in [0, 0.1) is 11.8 Å². The van der Waals surface area contributed by atoms with E-state index in [0.29, 0.717) is 30.6 Å². The average Bonchev–Trinajstić information content (AvgIpc) is 3.39. The van der Waals surface area contributed by atoms with Crippen molar-refractivity contribution in [1.29, 1.82) is 0 Å². The van der Waals surface area contributed by atoms with Crippen molar-refractivity contribution in [1.82, 2.24) is 9.88 Å². The standard InChI is InChI=1S/C27H34N2O4S2/c1-33-24-11-8-20-4-2-5-22(27(20)28-24)23(30)10-7-19-13-14-29(18-21(19)9-12-25(31)32)15-17-35-26-6-3-16-34-26/h2-6,8,11,16,19,21,23,30H,7,9-10,12-15,17-18H2,1H3,(H,31,32)/t19-,21-,23?/m0/s1. The molecule has 0 radical (unpaired) electrons. The number of aromatic nitrogens is 1. The van der Waals surface area contributed by atoms with Gasteiger partial charge in [-0.15, -0.1) is 23.1 Å². The zero-order valence-corrected chi connectivity index (χ0v) is 21.8. The number of thiophene rings is 1. The van der Waals surface area contributed by atoms with E-state index in [-0.39, 0.29) is 6.42 Å². The first-order valence-electron chi connectivity index (χ1n) is 12.3. The van der Waals surface area contributed by atoms with Crippen molar-refractivity contribution in [3.05, 3.63) is 53.4 Å². The molecule has 0 saturated carbocycles. The number of ether oxygens (including phenoxy) is 1. The van der Waals surface area contributed by atoms with Gasteiger partial charge in [-0.3, -0.25) is 4.79 Å². The molecule has 1 unspecified atom stereocenters. The van der Waals surface area contributed by atoms with Crippen LogP contribution in [0.25, 0.3) is 10.9 Å². The second kappa shape index (κ2) is 12.7. The summed E-state index contributed by atoms with van der Waals surface area (Å²) < 4.78 is 6.63. The predicted molar refractivity (Wildman–Crippen MR) is 142 cm³/mol. The number of hydrogen-bond acceptors (Lipinski definition) is 7. The Hall–Kier alpha value is -2.13. The van der Waals surface area contributed by atoms with Gasteiger partial charge in [0.25, 0.3) is 0 Å². The minimum Gasteiger partial charge on any atom is -0.481 e. The Morgan fingerprint density at radius 3 is 2.89 bits per heavy atom. The molecule has 0 bridgehead atoms. The van der Waals surface area contributed by atoms with Crippen LogP contribution in [0.1, 0.15) is 43.8 Å². The zero-order valence-electron chi connectivity index (χ0n) is 20.1. The molecule has 1 fully saturated rings. The van der Waals surface area contributed by atoms with Crippen molar-refractivity contribution in [2.75, 3.05) is 32.5 Å². The molecule has 35 heavy (non-hydrogen) atoms. The summed E-state index contributed by atoms with van der Waals surface area (Å²) in [6.07, 6.45) is 2.84. The first-order valence-corrected chi connectivity index (χ1v) is 14.1. The van der Waals surface area contributed by atoms with Crippen molar-refractivity contribution in [2.24, 2.45) is 11.8 Å². The number of fused-ring (bicyclic) bond motifs is 1. The normalized spacial score (nSPS) is 19.6. The summed E-state index contributed by atoms with van der Waals surface area (Å²) >= 11 is 3.67. The second-order valence-corrected chi connectivity index (χ2v) is 11.5. The van der Waals surface area contributed by atoms with Gasteiger partial charge in [0.1, 0.15) is 0 Å². The highest BCUT2D eigenvalue weighted by molar-refractivity contribution is 8.01. The molecule has 8 heteroatoms. The number of carbonyl (C=O) groups is 1. The number of para-hydroxylation sites is 1. The molecule has 4 rings (SSSR count). The molecule has 3 aromatic rings. The van der Waals surface area contributed by atoms with Gasteiger partial charge in [-0.25, -0.2) is 4.98 Å². The highest BCUT2D eigenvalue weighted by Crippen LogP contribution is 2.35. The maximum atomic E-state index is 11.3. The van der Waals surface area contributed by atoms with E-state index in [1.807, 2.05) is 42.1 Å². The molecule has 188 valence electrons. The Morgan fingerprint density at radius 1 is 1.23 bits per heavy atom. The Bertz CT molecular complexity index is 1090. The summed E-state index contributed by atoms with van der Waals surface area (Å²) in [6.45, 7) is 2.99. The highest BCUT2D eigenvalue weighted by atomic mass is 32.2. The molecule has 0 aliphatic carbocycles. The lowest BCUT2D eigenvalue weighted by Gasteiger charge is -2.39. The molecular weight excluding hydrogens is 480 g/mol. The summed E-state index contributed by atoms with van der Waals surface area (Å²) in [4.78, 5) is 18.4. The van der Waals surface area contributed by atoms with E-state index in [1.165, 1.54) is 4.21 Å². The van der Waals surface area contributed by atoms with Gasteiger partial charge in [0.2, 0.25) is 5.88 Å². The van der Waals surface area contributed by atoms with Gasteiger partial charge in [-0.05, 0) is 61.6 Å². The molecule has 3 atom stereocenters. The van der Waals surface area contributed by atoms with Crippen molar-refractivity contribution < 1.29 is 19.7 Å². The number of rotatable bonds is 12. The number of thioether (sulfide) groups is 1. The van der Waals surface area contributed by atoms with Gasteiger partial charge >= 0.3 is 5.97 Å². The van der Waals surface area contributed by atoms with Crippen molar-refractivity contribution in [3.63, 3.8) is 0 Å². The third-order valence-corrected chi connectivity index (χ3v) is 9.07. The van der Waals surface area contributed by atoms with Gasteiger partial charge in [0.15, 0.2) is 0 Å². The van der Waals surface area contributed by atoms with Gasteiger partial charge in [0.05, 0.1) is 22.9 Å². The number of aliphatic carboxylic acids is 1. The molecule has 2 aromatic heterocycles. The molecule has 1 aliphatic rings. The summed E-state index contributed by atoms with van der Waals surface area (Å²) in [6, 6.07) is 13.9. The molecule has 1 aliphatic heterocycles.